The first-order valence-corrected chi connectivity index (χ1v) is 9.07. The number of hydrogen-bond donors (Lipinski definition) is 1. The first-order valence-electron chi connectivity index (χ1n) is 9.07. The molecule has 4 heteroatoms. The second kappa shape index (κ2) is 6.60. The molecular weight excluding hydrogens is 324 g/mol. The Labute approximate surface area is 155 Å². The summed E-state index contributed by atoms with van der Waals surface area (Å²) in [5.74, 6) is -0.184. The lowest BCUT2D eigenvalue weighted by atomic mass is 9.86. The molecule has 1 saturated heterocycles. The molecule has 1 aliphatic rings. The molecule has 136 valence electrons. The molecule has 0 aromatic heterocycles. The van der Waals surface area contributed by atoms with Crippen LogP contribution in [-0.4, -0.2) is 16.8 Å². The third kappa shape index (κ3) is 3.12. The van der Waals surface area contributed by atoms with Crippen molar-refractivity contribution in [3.05, 3.63) is 71.3 Å². The van der Waals surface area contributed by atoms with Crippen molar-refractivity contribution in [2.75, 3.05) is 0 Å². The van der Waals surface area contributed by atoms with Gasteiger partial charge in [-0.3, -0.25) is 9.69 Å². The molecule has 2 aromatic rings. The van der Waals surface area contributed by atoms with Crippen LogP contribution in [0.15, 0.2) is 54.6 Å². The zero-order valence-electron chi connectivity index (χ0n) is 15.9. The van der Waals surface area contributed by atoms with Gasteiger partial charge in [-0.1, -0.05) is 82.3 Å². The van der Waals surface area contributed by atoms with E-state index in [2.05, 4.69) is 38.2 Å². The lowest BCUT2D eigenvalue weighted by Gasteiger charge is -2.25. The molecule has 26 heavy (non-hydrogen) atoms. The van der Waals surface area contributed by atoms with Crippen molar-refractivity contribution in [3.63, 3.8) is 0 Å². The molecule has 0 radical (unpaired) electrons. The summed E-state index contributed by atoms with van der Waals surface area (Å²) in [6, 6.07) is 17.3. The fourth-order valence-electron chi connectivity index (χ4n) is 3.42. The fraction of sp³-hybridized carbons (Fsp3) is 0.364. The number of carbonyl (C=O) groups is 2. The molecule has 4 nitrogen and oxygen atoms in total. The molecule has 1 N–H and O–H groups in total. The lowest BCUT2D eigenvalue weighted by molar-refractivity contribution is -0.132. The van der Waals surface area contributed by atoms with Gasteiger partial charge in [0.15, 0.2) is 0 Å². The first-order chi connectivity index (χ1) is 12.3. The predicted molar refractivity (Wildman–Crippen MR) is 103 cm³/mol. The normalized spacial score (nSPS) is 20.4. The number of benzene rings is 2. The zero-order chi connectivity index (χ0) is 18.9. The Morgan fingerprint density at radius 2 is 1.58 bits per heavy atom. The van der Waals surface area contributed by atoms with Gasteiger partial charge in [-0.25, -0.2) is 4.79 Å². The van der Waals surface area contributed by atoms with Crippen molar-refractivity contribution in [1.82, 2.24) is 10.2 Å². The molecule has 0 bridgehead atoms. The van der Waals surface area contributed by atoms with E-state index >= 15 is 0 Å². The van der Waals surface area contributed by atoms with Gasteiger partial charge in [0, 0.05) is 0 Å². The summed E-state index contributed by atoms with van der Waals surface area (Å²) in [5, 5.41) is 2.93. The molecule has 1 atom stereocenters. The molecule has 2 aromatic carbocycles. The summed E-state index contributed by atoms with van der Waals surface area (Å²) in [6.45, 7) is 8.69. The molecule has 1 aliphatic heterocycles. The average Bonchev–Trinajstić information content (AvgIpc) is 2.87. The van der Waals surface area contributed by atoms with Crippen LogP contribution < -0.4 is 5.32 Å². The smallest absolute Gasteiger partial charge is 0.319 e. The molecule has 3 rings (SSSR count). The highest BCUT2D eigenvalue weighted by Gasteiger charge is 2.50. The van der Waals surface area contributed by atoms with E-state index < -0.39 is 5.54 Å². The Hall–Kier alpha value is -2.62. The Morgan fingerprint density at radius 3 is 2.12 bits per heavy atom. The van der Waals surface area contributed by atoms with Crippen molar-refractivity contribution in [1.29, 1.82) is 0 Å². The van der Waals surface area contributed by atoms with Gasteiger partial charge in [-0.2, -0.15) is 0 Å². The van der Waals surface area contributed by atoms with Gasteiger partial charge < -0.3 is 5.32 Å². The number of urea groups is 1. The van der Waals surface area contributed by atoms with Gasteiger partial charge in [-0.15, -0.1) is 0 Å². The molecular formula is C22H26N2O2. The number of nitrogens with one attached hydrogen (secondary N) is 1. The highest BCUT2D eigenvalue weighted by Crippen LogP contribution is 2.33. The summed E-state index contributed by atoms with van der Waals surface area (Å²) in [5.41, 5.74) is 2.10. The quantitative estimate of drug-likeness (QED) is 0.834. The molecule has 0 unspecified atom stereocenters. The third-order valence-electron chi connectivity index (χ3n) is 5.13. The Morgan fingerprint density at radius 1 is 0.962 bits per heavy atom. The van der Waals surface area contributed by atoms with Gasteiger partial charge in [0.2, 0.25) is 0 Å². The van der Waals surface area contributed by atoms with Crippen molar-refractivity contribution in [3.8, 4) is 0 Å². The summed E-state index contributed by atoms with van der Waals surface area (Å²) >= 11 is 0. The molecule has 3 amide bonds. The Kier molecular flexibility index (Phi) is 4.61. The van der Waals surface area contributed by atoms with E-state index in [1.807, 2.05) is 49.4 Å². The molecule has 0 aliphatic carbocycles. The van der Waals surface area contributed by atoms with Crippen molar-refractivity contribution in [2.24, 2.45) is 0 Å². The SMILES string of the molecule is CC[C@@]1(c2ccccc2)NC(=O)N(Cc2ccc(C(C)(C)C)cc2)C1=O. The van der Waals surface area contributed by atoms with Gasteiger partial charge in [0.1, 0.15) is 5.54 Å². The maximum absolute atomic E-state index is 13.1. The van der Waals surface area contributed by atoms with Crippen LogP contribution in [0.5, 0.6) is 0 Å². The van der Waals surface area contributed by atoms with Crippen LogP contribution in [0.1, 0.15) is 50.8 Å². The molecule has 1 heterocycles. The second-order valence-corrected chi connectivity index (χ2v) is 7.89. The number of imide groups is 1. The van der Waals surface area contributed by atoms with Gasteiger partial charge in [0.25, 0.3) is 5.91 Å². The summed E-state index contributed by atoms with van der Waals surface area (Å²) in [6.07, 6.45) is 0.515. The van der Waals surface area contributed by atoms with Gasteiger partial charge in [0.05, 0.1) is 6.54 Å². The highest BCUT2D eigenvalue weighted by atomic mass is 16.2. The maximum Gasteiger partial charge on any atom is 0.325 e. The average molecular weight is 350 g/mol. The van der Waals surface area contributed by atoms with Crippen LogP contribution in [0.3, 0.4) is 0 Å². The van der Waals surface area contributed by atoms with Gasteiger partial charge in [-0.05, 0) is 28.5 Å². The Balaban J connectivity index is 1.86. The maximum atomic E-state index is 13.1. The Bertz CT molecular complexity index is 806. The van der Waals surface area contributed by atoms with E-state index in [9.17, 15) is 9.59 Å². The highest BCUT2D eigenvalue weighted by molar-refractivity contribution is 6.07. The summed E-state index contributed by atoms with van der Waals surface area (Å²) in [4.78, 5) is 27.0. The monoisotopic (exact) mass is 350 g/mol. The van der Waals surface area contributed by atoms with Crippen molar-refractivity contribution >= 4 is 11.9 Å². The van der Waals surface area contributed by atoms with E-state index in [1.54, 1.807) is 0 Å². The number of amides is 3. The van der Waals surface area contributed by atoms with Gasteiger partial charge >= 0.3 is 6.03 Å². The van der Waals surface area contributed by atoms with Crippen molar-refractivity contribution < 1.29 is 9.59 Å². The van der Waals surface area contributed by atoms with E-state index in [-0.39, 0.29) is 23.9 Å². The van der Waals surface area contributed by atoms with Crippen LogP contribution >= 0.6 is 0 Å². The minimum absolute atomic E-state index is 0.0735. The number of rotatable bonds is 4. The standard InChI is InChI=1S/C22H26N2O2/c1-5-22(18-9-7-6-8-10-18)19(25)24(20(26)23-22)15-16-11-13-17(14-12-16)21(2,3)4/h6-14H,5,15H2,1-4H3,(H,23,26)/t22-/m0/s1. The van der Waals surface area contributed by atoms with E-state index in [0.29, 0.717) is 6.42 Å². The van der Waals surface area contributed by atoms with Crippen LogP contribution in [0.25, 0.3) is 0 Å². The fourth-order valence-corrected chi connectivity index (χ4v) is 3.42. The predicted octanol–water partition coefficient (Wildman–Crippen LogP) is 4.34. The minimum Gasteiger partial charge on any atom is -0.319 e. The zero-order valence-corrected chi connectivity index (χ0v) is 15.9. The van der Waals surface area contributed by atoms with Crippen LogP contribution in [-0.2, 0) is 22.3 Å². The number of nitrogens with zero attached hydrogens (tertiary/aromatic N) is 1. The molecule has 1 fully saturated rings. The van der Waals surface area contributed by atoms with Crippen LogP contribution in [0.2, 0.25) is 0 Å². The molecule has 0 spiro atoms. The topological polar surface area (TPSA) is 49.4 Å². The summed E-state index contributed by atoms with van der Waals surface area (Å²) < 4.78 is 0. The van der Waals surface area contributed by atoms with E-state index in [0.717, 1.165) is 11.1 Å². The lowest BCUT2D eigenvalue weighted by Crippen LogP contribution is -2.43. The van der Waals surface area contributed by atoms with Crippen LogP contribution in [0, 0.1) is 0 Å². The van der Waals surface area contributed by atoms with E-state index in [4.69, 9.17) is 0 Å². The van der Waals surface area contributed by atoms with E-state index in [1.165, 1.54) is 10.5 Å². The van der Waals surface area contributed by atoms with Crippen LogP contribution in [0.4, 0.5) is 4.79 Å². The third-order valence-corrected chi connectivity index (χ3v) is 5.13. The minimum atomic E-state index is -0.969. The summed E-state index contributed by atoms with van der Waals surface area (Å²) in [7, 11) is 0. The largest absolute Gasteiger partial charge is 0.325 e. The number of hydrogen-bond acceptors (Lipinski definition) is 2. The molecule has 0 saturated carbocycles. The second-order valence-electron chi connectivity index (χ2n) is 7.89. The number of carbonyl (C=O) groups excluding carboxylic acids is 2. The first kappa shape index (κ1) is 18.2. The van der Waals surface area contributed by atoms with Crippen molar-refractivity contribution in [2.45, 2.75) is 51.6 Å².